The summed E-state index contributed by atoms with van der Waals surface area (Å²) in [5, 5.41) is 9.56. The Kier molecular flexibility index (Phi) is 3.82. The molecule has 21 heavy (non-hydrogen) atoms. The normalized spacial score (nSPS) is 10.5. The predicted molar refractivity (Wildman–Crippen MR) is 79.7 cm³/mol. The summed E-state index contributed by atoms with van der Waals surface area (Å²) in [5.74, 6) is -0.0921. The van der Waals surface area contributed by atoms with E-state index >= 15 is 0 Å². The molecule has 0 radical (unpaired) electrons. The number of amides is 1. The van der Waals surface area contributed by atoms with Gasteiger partial charge in [0.05, 0.1) is 12.2 Å². The third-order valence-corrected chi connectivity index (χ3v) is 3.26. The lowest BCUT2D eigenvalue weighted by Gasteiger charge is -2.09. The molecule has 0 bridgehead atoms. The molecule has 0 spiro atoms. The molecule has 0 saturated carbocycles. The van der Waals surface area contributed by atoms with Crippen LogP contribution in [0.25, 0.3) is 0 Å². The molecule has 1 aromatic carbocycles. The molecule has 0 unspecified atom stereocenters. The van der Waals surface area contributed by atoms with E-state index in [0.29, 0.717) is 18.8 Å². The third kappa shape index (κ3) is 3.20. The predicted octanol–water partition coefficient (Wildman–Crippen LogP) is 2.19. The van der Waals surface area contributed by atoms with Gasteiger partial charge in [0, 0.05) is 18.9 Å². The van der Waals surface area contributed by atoms with Crippen molar-refractivity contribution < 1.29 is 4.79 Å². The van der Waals surface area contributed by atoms with Crippen molar-refractivity contribution in [3.05, 3.63) is 77.9 Å². The number of carbonyl (C=O) groups excluding carboxylic acids is 1. The van der Waals surface area contributed by atoms with E-state index in [9.17, 15) is 4.79 Å². The second-order valence-electron chi connectivity index (χ2n) is 4.77. The summed E-state index contributed by atoms with van der Waals surface area (Å²) in [7, 11) is 0. The molecule has 3 aromatic rings. The van der Waals surface area contributed by atoms with Crippen LogP contribution in [0.15, 0.2) is 60.9 Å². The van der Waals surface area contributed by atoms with Crippen LogP contribution >= 0.6 is 0 Å². The van der Waals surface area contributed by atoms with E-state index in [1.54, 1.807) is 6.20 Å². The highest BCUT2D eigenvalue weighted by Gasteiger charge is 2.10. The Bertz CT molecular complexity index is 701. The van der Waals surface area contributed by atoms with Crippen molar-refractivity contribution in [3.63, 3.8) is 0 Å². The number of aromatic amines is 1. The standard InChI is InChI=1S/C16H16N4O/c21-16(17-11-14-8-9-18-19-14)15-7-4-10-20(15)12-13-5-2-1-3-6-13/h1-10H,11-12H2,(H,17,21)(H,18,19). The van der Waals surface area contributed by atoms with Crippen molar-refractivity contribution in [3.8, 4) is 0 Å². The van der Waals surface area contributed by atoms with Gasteiger partial charge in [0.15, 0.2) is 0 Å². The van der Waals surface area contributed by atoms with Crippen LogP contribution < -0.4 is 5.32 Å². The molecule has 0 aliphatic carbocycles. The van der Waals surface area contributed by atoms with Crippen molar-refractivity contribution in [2.24, 2.45) is 0 Å². The maximum absolute atomic E-state index is 12.2. The molecule has 5 heteroatoms. The van der Waals surface area contributed by atoms with Gasteiger partial charge < -0.3 is 9.88 Å². The first-order valence-electron chi connectivity index (χ1n) is 6.78. The minimum atomic E-state index is -0.0921. The zero-order valence-corrected chi connectivity index (χ0v) is 11.5. The summed E-state index contributed by atoms with van der Waals surface area (Å²) >= 11 is 0. The first-order chi connectivity index (χ1) is 10.3. The Balaban J connectivity index is 1.68. The monoisotopic (exact) mass is 280 g/mol. The summed E-state index contributed by atoms with van der Waals surface area (Å²) in [6, 6.07) is 15.6. The first-order valence-corrected chi connectivity index (χ1v) is 6.78. The Morgan fingerprint density at radius 2 is 2.00 bits per heavy atom. The lowest BCUT2D eigenvalue weighted by molar-refractivity contribution is 0.0941. The fourth-order valence-corrected chi connectivity index (χ4v) is 2.19. The molecule has 3 rings (SSSR count). The second-order valence-corrected chi connectivity index (χ2v) is 4.77. The number of H-pyrrole nitrogens is 1. The van der Waals surface area contributed by atoms with E-state index in [1.165, 1.54) is 0 Å². The Labute approximate surface area is 122 Å². The zero-order chi connectivity index (χ0) is 14.5. The molecule has 0 fully saturated rings. The average Bonchev–Trinajstić information content (AvgIpc) is 3.17. The van der Waals surface area contributed by atoms with Gasteiger partial charge in [-0.2, -0.15) is 5.10 Å². The largest absolute Gasteiger partial charge is 0.345 e. The van der Waals surface area contributed by atoms with Crippen LogP contribution in [0.4, 0.5) is 0 Å². The van der Waals surface area contributed by atoms with E-state index in [4.69, 9.17) is 0 Å². The molecule has 0 aliphatic heterocycles. The molecule has 0 aliphatic rings. The molecular formula is C16H16N4O. The fourth-order valence-electron chi connectivity index (χ4n) is 2.19. The summed E-state index contributed by atoms with van der Waals surface area (Å²) in [6.45, 7) is 1.12. The lowest BCUT2D eigenvalue weighted by Crippen LogP contribution is -2.25. The summed E-state index contributed by atoms with van der Waals surface area (Å²) < 4.78 is 1.94. The quantitative estimate of drug-likeness (QED) is 0.752. The molecular weight excluding hydrogens is 264 g/mol. The van der Waals surface area contributed by atoms with E-state index in [-0.39, 0.29) is 5.91 Å². The van der Waals surface area contributed by atoms with Crippen molar-refractivity contribution in [1.29, 1.82) is 0 Å². The van der Waals surface area contributed by atoms with E-state index in [2.05, 4.69) is 15.5 Å². The highest BCUT2D eigenvalue weighted by Crippen LogP contribution is 2.08. The number of carbonyl (C=O) groups is 1. The smallest absolute Gasteiger partial charge is 0.268 e. The van der Waals surface area contributed by atoms with Crippen LogP contribution in [0, 0.1) is 0 Å². The van der Waals surface area contributed by atoms with Gasteiger partial charge in [-0.25, -0.2) is 0 Å². The van der Waals surface area contributed by atoms with Gasteiger partial charge in [-0.3, -0.25) is 9.89 Å². The van der Waals surface area contributed by atoms with Crippen LogP contribution in [0.5, 0.6) is 0 Å². The van der Waals surface area contributed by atoms with Crippen LogP contribution in [0.1, 0.15) is 21.7 Å². The summed E-state index contributed by atoms with van der Waals surface area (Å²) in [4.78, 5) is 12.2. The van der Waals surface area contributed by atoms with Crippen LogP contribution in [-0.2, 0) is 13.1 Å². The van der Waals surface area contributed by atoms with Crippen LogP contribution in [0.2, 0.25) is 0 Å². The number of rotatable bonds is 5. The number of aromatic nitrogens is 3. The van der Waals surface area contributed by atoms with Gasteiger partial charge >= 0.3 is 0 Å². The molecule has 2 heterocycles. The minimum absolute atomic E-state index is 0.0921. The number of benzene rings is 1. The van der Waals surface area contributed by atoms with Gasteiger partial charge in [0.1, 0.15) is 5.69 Å². The van der Waals surface area contributed by atoms with Gasteiger partial charge in [-0.1, -0.05) is 30.3 Å². The highest BCUT2D eigenvalue weighted by molar-refractivity contribution is 5.92. The molecule has 1 amide bonds. The van der Waals surface area contributed by atoms with Gasteiger partial charge in [0.25, 0.3) is 5.91 Å². The topological polar surface area (TPSA) is 62.7 Å². The SMILES string of the molecule is O=C(NCc1ccn[nH]1)c1cccn1Cc1ccccc1. The second kappa shape index (κ2) is 6.09. The number of nitrogens with zero attached hydrogens (tertiary/aromatic N) is 2. The number of hydrogen-bond donors (Lipinski definition) is 2. The maximum Gasteiger partial charge on any atom is 0.268 e. The van der Waals surface area contributed by atoms with E-state index < -0.39 is 0 Å². The average molecular weight is 280 g/mol. The van der Waals surface area contributed by atoms with Gasteiger partial charge in [-0.15, -0.1) is 0 Å². The third-order valence-electron chi connectivity index (χ3n) is 3.26. The number of hydrogen-bond acceptors (Lipinski definition) is 2. The lowest BCUT2D eigenvalue weighted by atomic mass is 10.2. The van der Waals surface area contributed by atoms with E-state index in [1.807, 2.05) is 59.3 Å². The Morgan fingerprint density at radius 3 is 2.76 bits per heavy atom. The Morgan fingerprint density at radius 1 is 1.14 bits per heavy atom. The molecule has 2 aromatic heterocycles. The zero-order valence-electron chi connectivity index (χ0n) is 11.5. The molecule has 5 nitrogen and oxygen atoms in total. The summed E-state index contributed by atoms with van der Waals surface area (Å²) in [6.07, 6.45) is 3.58. The molecule has 0 atom stereocenters. The maximum atomic E-state index is 12.2. The van der Waals surface area contributed by atoms with Gasteiger partial charge in [-0.05, 0) is 23.8 Å². The first kappa shape index (κ1) is 13.2. The van der Waals surface area contributed by atoms with Crippen molar-refractivity contribution in [2.45, 2.75) is 13.1 Å². The molecule has 106 valence electrons. The van der Waals surface area contributed by atoms with Crippen molar-refractivity contribution in [1.82, 2.24) is 20.1 Å². The van der Waals surface area contributed by atoms with Crippen LogP contribution in [-0.4, -0.2) is 20.7 Å². The van der Waals surface area contributed by atoms with Crippen molar-refractivity contribution in [2.75, 3.05) is 0 Å². The van der Waals surface area contributed by atoms with E-state index in [0.717, 1.165) is 11.3 Å². The van der Waals surface area contributed by atoms with Crippen molar-refractivity contribution >= 4 is 5.91 Å². The van der Waals surface area contributed by atoms with Crippen LogP contribution in [0.3, 0.4) is 0 Å². The van der Waals surface area contributed by atoms with Gasteiger partial charge in [0.2, 0.25) is 0 Å². The summed E-state index contributed by atoms with van der Waals surface area (Å²) in [5.41, 5.74) is 2.69. The molecule has 0 saturated heterocycles. The minimum Gasteiger partial charge on any atom is -0.345 e. The fraction of sp³-hybridized carbons (Fsp3) is 0.125. The Hall–Kier alpha value is -2.82. The number of nitrogens with one attached hydrogen (secondary N) is 2. The molecule has 2 N–H and O–H groups in total. The highest BCUT2D eigenvalue weighted by atomic mass is 16.1.